The Kier molecular flexibility index (Phi) is 3.85. The van der Waals surface area contributed by atoms with E-state index in [0.29, 0.717) is 12.8 Å². The maximum Gasteiger partial charge on any atom is 0.306 e. The molecule has 1 heterocycles. The minimum absolute atomic E-state index is 0.295. The molecule has 2 aromatic carbocycles. The third kappa shape index (κ3) is 2.60. The smallest absolute Gasteiger partial charge is 0.306 e. The maximum absolute atomic E-state index is 11.5. The van der Waals surface area contributed by atoms with E-state index >= 15 is 0 Å². The number of nitrogens with one attached hydrogen (secondary N) is 1. The van der Waals surface area contributed by atoms with Crippen molar-refractivity contribution in [3.05, 3.63) is 76.5 Å². The highest BCUT2D eigenvalue weighted by Gasteiger charge is 2.28. The van der Waals surface area contributed by atoms with Gasteiger partial charge in [0.15, 0.2) is 0 Å². The molecule has 2 N–H and O–H groups in total. The highest BCUT2D eigenvalue weighted by molar-refractivity contribution is 5.86. The Hall–Kier alpha value is -2.55. The zero-order chi connectivity index (χ0) is 16.5. The number of hydrogen-bond acceptors (Lipinski definition) is 2. The molecule has 2 aromatic rings. The molecule has 0 bridgehead atoms. The predicted octanol–water partition coefficient (Wildman–Crippen LogP) is 3.63. The molecule has 0 aromatic heterocycles. The third-order valence-corrected chi connectivity index (χ3v) is 5.17. The Balaban J connectivity index is 1.93. The topological polar surface area (TPSA) is 49.3 Å². The van der Waals surface area contributed by atoms with Crippen LogP contribution in [0.15, 0.2) is 54.2 Å². The number of fused-ring (bicyclic) bond motifs is 2. The van der Waals surface area contributed by atoms with Crippen molar-refractivity contribution in [2.45, 2.75) is 25.7 Å². The summed E-state index contributed by atoms with van der Waals surface area (Å²) in [5, 5.41) is 12.9. The second-order valence-corrected chi connectivity index (χ2v) is 6.62. The van der Waals surface area contributed by atoms with Crippen LogP contribution in [0, 0.1) is 5.92 Å². The number of carbonyl (C=O) groups is 1. The average molecular weight is 319 g/mol. The molecule has 24 heavy (non-hydrogen) atoms. The molecule has 1 aliphatic carbocycles. The molecule has 122 valence electrons. The van der Waals surface area contributed by atoms with Gasteiger partial charge in [0.2, 0.25) is 0 Å². The molecule has 2 aliphatic rings. The Morgan fingerprint density at radius 2 is 1.54 bits per heavy atom. The summed E-state index contributed by atoms with van der Waals surface area (Å²) in [6, 6.07) is 17.1. The van der Waals surface area contributed by atoms with Crippen LogP contribution in [0.25, 0.3) is 5.57 Å². The van der Waals surface area contributed by atoms with E-state index in [1.807, 2.05) is 0 Å². The fourth-order valence-corrected chi connectivity index (χ4v) is 3.92. The van der Waals surface area contributed by atoms with Crippen molar-refractivity contribution in [1.82, 2.24) is 5.32 Å². The fourth-order valence-electron chi connectivity index (χ4n) is 3.92. The SMILES string of the molecule is O=C(O)C1CCNC(=C2c3ccccc3CCc3ccccc32)C1. The molecular formula is C21H21NO2. The van der Waals surface area contributed by atoms with Crippen LogP contribution < -0.4 is 5.32 Å². The highest BCUT2D eigenvalue weighted by Crippen LogP contribution is 2.37. The van der Waals surface area contributed by atoms with Gasteiger partial charge in [0.05, 0.1) is 5.92 Å². The molecule has 1 aliphatic heterocycles. The van der Waals surface area contributed by atoms with Crippen molar-refractivity contribution in [2.24, 2.45) is 5.92 Å². The summed E-state index contributed by atoms with van der Waals surface area (Å²) in [7, 11) is 0. The predicted molar refractivity (Wildman–Crippen MR) is 94.7 cm³/mol. The number of allylic oxidation sites excluding steroid dienone is 1. The summed E-state index contributed by atoms with van der Waals surface area (Å²) in [4.78, 5) is 11.5. The van der Waals surface area contributed by atoms with Crippen LogP contribution in [0.4, 0.5) is 0 Å². The van der Waals surface area contributed by atoms with Gasteiger partial charge in [-0.15, -0.1) is 0 Å². The van der Waals surface area contributed by atoms with Gasteiger partial charge in [-0.05, 0) is 41.5 Å². The first kappa shape index (κ1) is 15.0. The summed E-state index contributed by atoms with van der Waals surface area (Å²) in [6.45, 7) is 0.722. The maximum atomic E-state index is 11.5. The van der Waals surface area contributed by atoms with Gasteiger partial charge >= 0.3 is 5.97 Å². The van der Waals surface area contributed by atoms with Crippen LogP contribution in [0.2, 0.25) is 0 Å². The summed E-state index contributed by atoms with van der Waals surface area (Å²) in [5.74, 6) is -0.985. The molecule has 0 saturated carbocycles. The molecule has 1 unspecified atom stereocenters. The minimum atomic E-state index is -0.690. The second kappa shape index (κ2) is 6.16. The van der Waals surface area contributed by atoms with Crippen LogP contribution >= 0.6 is 0 Å². The van der Waals surface area contributed by atoms with Gasteiger partial charge in [0.1, 0.15) is 0 Å². The number of aryl methyl sites for hydroxylation is 2. The van der Waals surface area contributed by atoms with Gasteiger partial charge in [-0.25, -0.2) is 0 Å². The Labute approximate surface area is 142 Å². The van der Waals surface area contributed by atoms with Gasteiger partial charge in [-0.3, -0.25) is 4.79 Å². The lowest BCUT2D eigenvalue weighted by atomic mass is 9.86. The zero-order valence-electron chi connectivity index (χ0n) is 13.6. The largest absolute Gasteiger partial charge is 0.481 e. The Morgan fingerprint density at radius 1 is 0.958 bits per heavy atom. The van der Waals surface area contributed by atoms with Crippen LogP contribution in [0.1, 0.15) is 35.1 Å². The number of carboxylic acid groups (broad SMARTS) is 1. The van der Waals surface area contributed by atoms with Crippen molar-refractivity contribution in [3.8, 4) is 0 Å². The van der Waals surface area contributed by atoms with E-state index in [-0.39, 0.29) is 5.92 Å². The average Bonchev–Trinajstić information content (AvgIpc) is 2.78. The molecule has 4 rings (SSSR count). The van der Waals surface area contributed by atoms with Crippen molar-refractivity contribution in [3.63, 3.8) is 0 Å². The van der Waals surface area contributed by atoms with Gasteiger partial charge in [-0.2, -0.15) is 0 Å². The molecule has 3 nitrogen and oxygen atoms in total. The monoisotopic (exact) mass is 319 g/mol. The minimum Gasteiger partial charge on any atom is -0.481 e. The molecular weight excluding hydrogens is 298 g/mol. The van der Waals surface area contributed by atoms with E-state index in [0.717, 1.165) is 25.1 Å². The van der Waals surface area contributed by atoms with Crippen LogP contribution in [0.3, 0.4) is 0 Å². The summed E-state index contributed by atoms with van der Waals surface area (Å²) in [6.07, 6.45) is 3.31. The molecule has 1 fully saturated rings. The number of benzene rings is 2. The van der Waals surface area contributed by atoms with Gasteiger partial charge in [0, 0.05) is 24.2 Å². The van der Waals surface area contributed by atoms with Gasteiger partial charge in [0.25, 0.3) is 0 Å². The zero-order valence-corrected chi connectivity index (χ0v) is 13.6. The first-order valence-electron chi connectivity index (χ1n) is 8.60. The highest BCUT2D eigenvalue weighted by atomic mass is 16.4. The van der Waals surface area contributed by atoms with Gasteiger partial charge < -0.3 is 10.4 Å². The van der Waals surface area contributed by atoms with Crippen molar-refractivity contribution in [1.29, 1.82) is 0 Å². The van der Waals surface area contributed by atoms with Crippen molar-refractivity contribution in [2.75, 3.05) is 6.54 Å². The van der Waals surface area contributed by atoms with E-state index in [4.69, 9.17) is 0 Å². The normalized spacial score (nSPS) is 19.8. The standard InChI is InChI=1S/C21H21NO2/c23-21(24)16-11-12-22-19(13-16)20-17-7-3-1-5-14(17)9-10-15-6-2-4-8-18(15)20/h1-8,16,22H,9-13H2,(H,23,24). The van der Waals surface area contributed by atoms with Crippen LogP contribution in [0.5, 0.6) is 0 Å². The Morgan fingerprint density at radius 3 is 2.12 bits per heavy atom. The molecule has 1 atom stereocenters. The molecule has 0 radical (unpaired) electrons. The number of piperidine rings is 1. The molecule has 0 amide bonds. The molecule has 3 heteroatoms. The number of carboxylic acids is 1. The van der Waals surface area contributed by atoms with Crippen molar-refractivity contribution < 1.29 is 9.90 Å². The summed E-state index contributed by atoms with van der Waals surface area (Å²) < 4.78 is 0. The van der Waals surface area contributed by atoms with Crippen molar-refractivity contribution >= 4 is 11.5 Å². The lowest BCUT2D eigenvalue weighted by Gasteiger charge is -2.27. The molecule has 1 saturated heterocycles. The molecule has 0 spiro atoms. The number of hydrogen-bond donors (Lipinski definition) is 2. The summed E-state index contributed by atoms with van der Waals surface area (Å²) >= 11 is 0. The lowest BCUT2D eigenvalue weighted by molar-refractivity contribution is -0.142. The van der Waals surface area contributed by atoms with E-state index < -0.39 is 5.97 Å². The fraction of sp³-hybridized carbons (Fsp3) is 0.286. The number of aliphatic carboxylic acids is 1. The van der Waals surface area contributed by atoms with E-state index in [2.05, 4.69) is 53.8 Å². The van der Waals surface area contributed by atoms with Crippen LogP contribution in [-0.4, -0.2) is 17.6 Å². The lowest BCUT2D eigenvalue weighted by Crippen LogP contribution is -2.31. The first-order chi connectivity index (χ1) is 11.7. The van der Waals surface area contributed by atoms with E-state index in [9.17, 15) is 9.90 Å². The van der Waals surface area contributed by atoms with Crippen LogP contribution in [-0.2, 0) is 17.6 Å². The second-order valence-electron chi connectivity index (χ2n) is 6.62. The number of rotatable bonds is 1. The van der Waals surface area contributed by atoms with E-state index in [1.165, 1.54) is 27.8 Å². The Bertz CT molecular complexity index is 773. The summed E-state index contributed by atoms with van der Waals surface area (Å²) in [5.41, 5.74) is 7.46. The van der Waals surface area contributed by atoms with Gasteiger partial charge in [-0.1, -0.05) is 48.5 Å². The quantitative estimate of drug-likeness (QED) is 0.844. The van der Waals surface area contributed by atoms with E-state index in [1.54, 1.807) is 0 Å². The third-order valence-electron chi connectivity index (χ3n) is 5.17. The first-order valence-corrected chi connectivity index (χ1v) is 8.60.